The number of benzene rings is 2. The van der Waals surface area contributed by atoms with Gasteiger partial charge in [-0.1, -0.05) is 29.8 Å². The normalized spacial score (nSPS) is 11.8. The lowest BCUT2D eigenvalue weighted by molar-refractivity contribution is -0.661. The number of nitrogens with two attached hydrogens (primary N) is 1. The number of rotatable bonds is 12. The molecule has 0 amide bonds. The van der Waals surface area contributed by atoms with E-state index in [1.165, 1.54) is 5.56 Å². The molecule has 5 nitrogen and oxygen atoms in total. The van der Waals surface area contributed by atoms with Crippen molar-refractivity contribution < 1.29 is 24.7 Å². The van der Waals surface area contributed by atoms with Gasteiger partial charge in [-0.05, 0) is 50.1 Å². The molecule has 3 N–H and O–H groups in total. The predicted octanol–water partition coefficient (Wildman–Crippen LogP) is 1.90. The molecule has 0 bridgehead atoms. The van der Waals surface area contributed by atoms with Gasteiger partial charge in [-0.15, -0.1) is 0 Å². The third-order valence-electron chi connectivity index (χ3n) is 4.18. The fourth-order valence-corrected chi connectivity index (χ4v) is 2.54. The topological polar surface area (TPSA) is 72.4 Å². The smallest absolute Gasteiger partial charge is 0.137 e. The van der Waals surface area contributed by atoms with Crippen LogP contribution in [-0.2, 0) is 11.2 Å². The van der Waals surface area contributed by atoms with E-state index in [1.54, 1.807) is 6.92 Å². The third-order valence-corrected chi connectivity index (χ3v) is 4.18. The summed E-state index contributed by atoms with van der Waals surface area (Å²) in [6.45, 7) is 5.83. The van der Waals surface area contributed by atoms with Gasteiger partial charge in [-0.3, -0.25) is 0 Å². The molecule has 2 rings (SSSR count). The summed E-state index contributed by atoms with van der Waals surface area (Å²) in [5.74, 6) is 1.78. The molecule has 0 aromatic heterocycles. The Morgan fingerprint density at radius 3 is 2.33 bits per heavy atom. The summed E-state index contributed by atoms with van der Waals surface area (Å²) in [4.78, 5) is 11.0. The van der Waals surface area contributed by atoms with Crippen molar-refractivity contribution in [2.24, 2.45) is 0 Å². The van der Waals surface area contributed by atoms with Crippen molar-refractivity contribution in [1.29, 1.82) is 0 Å². The molecule has 146 valence electrons. The van der Waals surface area contributed by atoms with Gasteiger partial charge in [0.2, 0.25) is 0 Å². The number of aliphatic hydroxyl groups excluding tert-OH is 1. The molecular formula is C22H30NO4+. The van der Waals surface area contributed by atoms with Crippen LogP contribution in [0.15, 0.2) is 48.5 Å². The maximum absolute atomic E-state index is 11.0. The first-order valence-corrected chi connectivity index (χ1v) is 9.43. The van der Waals surface area contributed by atoms with Crippen LogP contribution in [0.25, 0.3) is 0 Å². The van der Waals surface area contributed by atoms with E-state index < -0.39 is 6.10 Å². The average molecular weight is 372 g/mol. The van der Waals surface area contributed by atoms with Crippen LogP contribution in [0.3, 0.4) is 0 Å². The second-order valence-electron chi connectivity index (χ2n) is 6.79. The van der Waals surface area contributed by atoms with Crippen LogP contribution >= 0.6 is 0 Å². The van der Waals surface area contributed by atoms with Gasteiger partial charge in [0.1, 0.15) is 49.7 Å². The maximum atomic E-state index is 11.0. The van der Waals surface area contributed by atoms with Crippen molar-refractivity contribution in [2.75, 3.05) is 26.3 Å². The highest BCUT2D eigenvalue weighted by Crippen LogP contribution is 2.14. The molecule has 0 heterocycles. The highest BCUT2D eigenvalue weighted by Gasteiger charge is 2.08. The van der Waals surface area contributed by atoms with Crippen molar-refractivity contribution >= 4 is 5.78 Å². The lowest BCUT2D eigenvalue weighted by Gasteiger charge is -2.12. The van der Waals surface area contributed by atoms with Gasteiger partial charge in [0.25, 0.3) is 0 Å². The highest BCUT2D eigenvalue weighted by molar-refractivity contribution is 5.75. The largest absolute Gasteiger partial charge is 0.491 e. The van der Waals surface area contributed by atoms with Crippen LogP contribution in [0.2, 0.25) is 0 Å². The number of carbonyl (C=O) groups excluding carboxylic acids is 1. The van der Waals surface area contributed by atoms with E-state index in [2.05, 4.69) is 0 Å². The summed E-state index contributed by atoms with van der Waals surface area (Å²) in [5.41, 5.74) is 2.32. The minimum atomic E-state index is -0.540. The second kappa shape index (κ2) is 11.4. The van der Waals surface area contributed by atoms with E-state index in [4.69, 9.17) is 9.47 Å². The Bertz CT molecular complexity index is 682. The van der Waals surface area contributed by atoms with Gasteiger partial charge in [0.05, 0.1) is 0 Å². The molecule has 0 aliphatic carbocycles. The van der Waals surface area contributed by atoms with E-state index in [-0.39, 0.29) is 12.4 Å². The Kier molecular flexibility index (Phi) is 8.81. The average Bonchev–Trinajstić information content (AvgIpc) is 2.66. The minimum absolute atomic E-state index is 0.193. The van der Waals surface area contributed by atoms with Crippen LogP contribution in [0.1, 0.15) is 24.5 Å². The Morgan fingerprint density at radius 1 is 1.04 bits per heavy atom. The minimum Gasteiger partial charge on any atom is -0.491 e. The molecule has 2 aromatic rings. The number of hydrogen-bond donors (Lipinski definition) is 2. The van der Waals surface area contributed by atoms with Crippen LogP contribution in [0.4, 0.5) is 0 Å². The Morgan fingerprint density at radius 2 is 1.67 bits per heavy atom. The van der Waals surface area contributed by atoms with E-state index in [0.29, 0.717) is 19.6 Å². The van der Waals surface area contributed by atoms with Crippen LogP contribution < -0.4 is 14.8 Å². The van der Waals surface area contributed by atoms with E-state index in [9.17, 15) is 9.90 Å². The van der Waals surface area contributed by atoms with Crippen molar-refractivity contribution in [3.8, 4) is 11.5 Å². The monoisotopic (exact) mass is 372 g/mol. The molecule has 0 radical (unpaired) electrons. The van der Waals surface area contributed by atoms with Crippen molar-refractivity contribution in [3.05, 3.63) is 59.7 Å². The zero-order valence-corrected chi connectivity index (χ0v) is 16.2. The predicted molar refractivity (Wildman–Crippen MR) is 105 cm³/mol. The molecule has 0 saturated heterocycles. The first-order chi connectivity index (χ1) is 13.0. The van der Waals surface area contributed by atoms with E-state index in [0.717, 1.165) is 30.0 Å². The van der Waals surface area contributed by atoms with Crippen molar-refractivity contribution in [1.82, 2.24) is 0 Å². The number of ether oxygens (including phenoxy) is 2. The number of hydrogen-bond acceptors (Lipinski definition) is 4. The summed E-state index contributed by atoms with van der Waals surface area (Å²) in [5, 5.41) is 12.0. The van der Waals surface area contributed by atoms with Gasteiger partial charge >= 0.3 is 0 Å². The first-order valence-electron chi connectivity index (χ1n) is 9.43. The first kappa shape index (κ1) is 20.9. The quantitative estimate of drug-likeness (QED) is 0.558. The van der Waals surface area contributed by atoms with Crippen LogP contribution in [-0.4, -0.2) is 43.3 Å². The molecule has 2 aromatic carbocycles. The SMILES string of the molecule is CC(=O)CCc1ccc(OC[C@H](O)C[NH2+]CCOc2ccc(C)cc2)cc1. The molecule has 0 aliphatic heterocycles. The number of Topliss-reactive ketones (excluding diaryl/α,β-unsaturated/α-hetero) is 1. The van der Waals surface area contributed by atoms with Gasteiger partial charge in [-0.25, -0.2) is 0 Å². The molecule has 0 spiro atoms. The second-order valence-corrected chi connectivity index (χ2v) is 6.79. The molecule has 0 unspecified atom stereocenters. The zero-order valence-electron chi connectivity index (χ0n) is 16.2. The maximum Gasteiger partial charge on any atom is 0.137 e. The highest BCUT2D eigenvalue weighted by atomic mass is 16.5. The summed E-state index contributed by atoms with van der Waals surface area (Å²) < 4.78 is 11.3. The van der Waals surface area contributed by atoms with Gasteiger partial charge < -0.3 is 24.7 Å². The van der Waals surface area contributed by atoms with Crippen molar-refractivity contribution in [3.63, 3.8) is 0 Å². The Balaban J connectivity index is 1.57. The fraction of sp³-hybridized carbons (Fsp3) is 0.409. The van der Waals surface area contributed by atoms with E-state index in [1.807, 2.05) is 60.8 Å². The molecule has 0 aliphatic rings. The summed E-state index contributed by atoms with van der Waals surface area (Å²) in [7, 11) is 0. The van der Waals surface area contributed by atoms with Crippen LogP contribution in [0.5, 0.6) is 11.5 Å². The lowest BCUT2D eigenvalue weighted by atomic mass is 10.1. The van der Waals surface area contributed by atoms with Gasteiger partial charge in [-0.2, -0.15) is 0 Å². The number of ketones is 1. The summed E-state index contributed by atoms with van der Waals surface area (Å²) >= 11 is 0. The van der Waals surface area contributed by atoms with Crippen molar-refractivity contribution in [2.45, 2.75) is 32.8 Å². The molecule has 1 atom stereocenters. The van der Waals surface area contributed by atoms with E-state index >= 15 is 0 Å². The number of quaternary nitrogens is 1. The molecular weight excluding hydrogens is 342 g/mol. The molecule has 5 heteroatoms. The summed E-state index contributed by atoms with van der Waals surface area (Å²) in [6.07, 6.45) is 0.766. The fourth-order valence-electron chi connectivity index (χ4n) is 2.54. The lowest BCUT2D eigenvalue weighted by Crippen LogP contribution is -2.87. The molecule has 0 saturated carbocycles. The number of carbonyl (C=O) groups is 1. The Labute approximate surface area is 161 Å². The molecule has 0 fully saturated rings. The number of aryl methyl sites for hydroxylation is 2. The third kappa shape index (κ3) is 8.71. The standard InChI is InChI=1S/C22H29NO4/c1-17-3-9-21(10-4-17)26-14-13-23-15-20(25)16-27-22-11-7-19(8-12-22)6-5-18(2)24/h3-4,7-12,20,23,25H,5-6,13-16H2,1-2H3/p+1/t20-/m1/s1. The van der Waals surface area contributed by atoms with Gasteiger partial charge in [0.15, 0.2) is 0 Å². The summed E-state index contributed by atoms with van der Waals surface area (Å²) in [6, 6.07) is 15.6. The zero-order chi connectivity index (χ0) is 19.5. The number of aliphatic hydroxyl groups is 1. The Hall–Kier alpha value is -2.37. The molecule has 27 heavy (non-hydrogen) atoms. The van der Waals surface area contributed by atoms with Gasteiger partial charge in [0, 0.05) is 6.42 Å². The van der Waals surface area contributed by atoms with Crippen LogP contribution in [0, 0.1) is 6.92 Å².